The van der Waals surface area contributed by atoms with E-state index in [1.165, 1.54) is 37.1 Å². The van der Waals surface area contributed by atoms with Crippen LogP contribution in [0.2, 0.25) is 0 Å². The summed E-state index contributed by atoms with van der Waals surface area (Å²) in [5, 5.41) is 3.68. The lowest BCUT2D eigenvalue weighted by Crippen LogP contribution is -2.34. The Labute approximate surface area is 173 Å². The first-order valence-electron chi connectivity index (χ1n) is 10.5. The van der Waals surface area contributed by atoms with Gasteiger partial charge in [-0.05, 0) is 49.7 Å². The third-order valence-corrected chi connectivity index (χ3v) is 5.49. The Balaban J connectivity index is 1.38. The Morgan fingerprint density at radius 2 is 1.66 bits per heavy atom. The topological polar surface area (TPSA) is 37.4 Å². The van der Waals surface area contributed by atoms with Gasteiger partial charge in [0.25, 0.3) is 0 Å². The average molecular weight is 388 g/mol. The summed E-state index contributed by atoms with van der Waals surface area (Å²) in [4.78, 5) is 6.94. The van der Waals surface area contributed by atoms with Gasteiger partial charge >= 0.3 is 0 Å². The second kappa shape index (κ2) is 10.2. The van der Waals surface area contributed by atoms with Crippen LogP contribution in [0.5, 0.6) is 5.75 Å². The number of para-hydroxylation sites is 1. The van der Waals surface area contributed by atoms with E-state index in [-0.39, 0.29) is 0 Å². The van der Waals surface area contributed by atoms with E-state index in [0.29, 0.717) is 12.6 Å². The molecule has 4 nitrogen and oxygen atoms in total. The van der Waals surface area contributed by atoms with E-state index in [0.717, 1.165) is 24.5 Å². The van der Waals surface area contributed by atoms with E-state index in [2.05, 4.69) is 57.7 Å². The number of ether oxygens (including phenoxy) is 1. The normalized spacial score (nSPS) is 15.3. The molecule has 2 heterocycles. The van der Waals surface area contributed by atoms with E-state index in [1.54, 1.807) is 6.20 Å². The van der Waals surface area contributed by atoms with Crippen molar-refractivity contribution < 1.29 is 4.74 Å². The van der Waals surface area contributed by atoms with Gasteiger partial charge in [0, 0.05) is 30.9 Å². The molecule has 0 bridgehead atoms. The molecule has 1 aliphatic heterocycles. The summed E-state index contributed by atoms with van der Waals surface area (Å²) < 4.78 is 6.05. The lowest BCUT2D eigenvalue weighted by molar-refractivity contribution is 0.237. The molecule has 1 aliphatic rings. The lowest BCUT2D eigenvalue weighted by atomic mass is 10.1. The monoisotopic (exact) mass is 387 g/mol. The second-order valence-corrected chi connectivity index (χ2v) is 7.52. The molecule has 1 N–H and O–H groups in total. The average Bonchev–Trinajstić information content (AvgIpc) is 3.32. The minimum Gasteiger partial charge on any atom is -0.487 e. The zero-order valence-electron chi connectivity index (χ0n) is 16.8. The number of pyridine rings is 1. The number of aromatic nitrogens is 1. The third kappa shape index (κ3) is 5.43. The molecule has 1 unspecified atom stereocenters. The van der Waals surface area contributed by atoms with Crippen molar-refractivity contribution in [2.45, 2.75) is 32.0 Å². The van der Waals surface area contributed by atoms with E-state index in [1.807, 2.05) is 30.3 Å². The molecule has 0 amide bonds. The molecule has 1 fully saturated rings. The van der Waals surface area contributed by atoms with Crippen LogP contribution in [0.1, 0.15) is 35.7 Å². The van der Waals surface area contributed by atoms with E-state index < -0.39 is 0 Å². The quantitative estimate of drug-likeness (QED) is 0.583. The minimum absolute atomic E-state index is 0.417. The van der Waals surface area contributed by atoms with Crippen molar-refractivity contribution in [3.8, 4) is 5.75 Å². The third-order valence-electron chi connectivity index (χ3n) is 5.49. The largest absolute Gasteiger partial charge is 0.487 e. The number of rotatable bonds is 9. The van der Waals surface area contributed by atoms with Crippen molar-refractivity contribution in [2.24, 2.45) is 0 Å². The van der Waals surface area contributed by atoms with Gasteiger partial charge in [-0.25, -0.2) is 0 Å². The second-order valence-electron chi connectivity index (χ2n) is 7.52. The van der Waals surface area contributed by atoms with Crippen LogP contribution in [0.15, 0.2) is 79.0 Å². The smallest absolute Gasteiger partial charge is 0.130 e. The van der Waals surface area contributed by atoms with Crippen molar-refractivity contribution in [3.05, 3.63) is 95.8 Å². The Hall–Kier alpha value is -2.69. The van der Waals surface area contributed by atoms with E-state index in [4.69, 9.17) is 4.74 Å². The Morgan fingerprint density at radius 3 is 2.45 bits per heavy atom. The number of hydrogen-bond donors (Lipinski definition) is 1. The highest BCUT2D eigenvalue weighted by Gasteiger charge is 2.23. The van der Waals surface area contributed by atoms with Crippen LogP contribution in [-0.4, -0.2) is 29.5 Å². The first-order valence-corrected chi connectivity index (χ1v) is 10.5. The SMILES string of the molecule is c1ccc(C(CNCc2ccccc2OCc2ccccn2)N2CCCC2)cc1. The summed E-state index contributed by atoms with van der Waals surface area (Å²) in [5.41, 5.74) is 3.51. The lowest BCUT2D eigenvalue weighted by Gasteiger charge is -2.28. The zero-order valence-corrected chi connectivity index (χ0v) is 16.8. The Morgan fingerprint density at radius 1 is 0.897 bits per heavy atom. The first kappa shape index (κ1) is 19.6. The van der Waals surface area contributed by atoms with Crippen LogP contribution in [-0.2, 0) is 13.2 Å². The molecule has 150 valence electrons. The van der Waals surface area contributed by atoms with Crippen LogP contribution in [0.25, 0.3) is 0 Å². The van der Waals surface area contributed by atoms with Crippen LogP contribution in [0.4, 0.5) is 0 Å². The van der Waals surface area contributed by atoms with Gasteiger partial charge in [-0.2, -0.15) is 0 Å². The van der Waals surface area contributed by atoms with E-state index >= 15 is 0 Å². The molecular weight excluding hydrogens is 358 g/mol. The van der Waals surface area contributed by atoms with Gasteiger partial charge in [0.1, 0.15) is 12.4 Å². The molecule has 1 saturated heterocycles. The van der Waals surface area contributed by atoms with Crippen molar-refractivity contribution in [1.82, 2.24) is 15.2 Å². The van der Waals surface area contributed by atoms with Crippen LogP contribution in [0.3, 0.4) is 0 Å². The van der Waals surface area contributed by atoms with Gasteiger partial charge in [0.2, 0.25) is 0 Å². The van der Waals surface area contributed by atoms with Gasteiger partial charge in [-0.15, -0.1) is 0 Å². The number of likely N-dealkylation sites (tertiary alicyclic amines) is 1. The summed E-state index contributed by atoms with van der Waals surface area (Å²) in [6.45, 7) is 4.57. The van der Waals surface area contributed by atoms with Crippen LogP contribution in [0, 0.1) is 0 Å². The van der Waals surface area contributed by atoms with Gasteiger partial charge in [0.15, 0.2) is 0 Å². The van der Waals surface area contributed by atoms with Crippen molar-refractivity contribution >= 4 is 0 Å². The highest BCUT2D eigenvalue weighted by molar-refractivity contribution is 5.33. The fraction of sp³-hybridized carbons (Fsp3) is 0.320. The Kier molecular flexibility index (Phi) is 6.89. The maximum atomic E-state index is 6.05. The molecule has 2 aromatic carbocycles. The van der Waals surface area contributed by atoms with Gasteiger partial charge < -0.3 is 10.1 Å². The standard InChI is InChI=1S/C25H29N3O/c1-2-10-21(11-3-1)24(28-16-8-9-17-28)19-26-18-22-12-4-5-14-25(22)29-20-23-13-6-7-15-27-23/h1-7,10-15,24,26H,8-9,16-20H2. The van der Waals surface area contributed by atoms with E-state index in [9.17, 15) is 0 Å². The molecule has 1 aromatic heterocycles. The highest BCUT2D eigenvalue weighted by Crippen LogP contribution is 2.25. The van der Waals surface area contributed by atoms with Gasteiger partial charge in [-0.3, -0.25) is 9.88 Å². The number of hydrogen-bond acceptors (Lipinski definition) is 4. The molecule has 4 heteroatoms. The molecule has 0 spiro atoms. The maximum Gasteiger partial charge on any atom is 0.130 e. The summed E-state index contributed by atoms with van der Waals surface area (Å²) >= 11 is 0. The molecule has 0 aliphatic carbocycles. The maximum absolute atomic E-state index is 6.05. The van der Waals surface area contributed by atoms with Gasteiger partial charge in [0.05, 0.1) is 5.69 Å². The van der Waals surface area contributed by atoms with Gasteiger partial charge in [-0.1, -0.05) is 54.6 Å². The molecule has 0 radical (unpaired) electrons. The van der Waals surface area contributed by atoms with Crippen LogP contribution < -0.4 is 10.1 Å². The summed E-state index contributed by atoms with van der Waals surface area (Å²) in [6, 6.07) is 25.4. The Bertz CT molecular complexity index is 864. The number of benzene rings is 2. The first-order chi connectivity index (χ1) is 14.4. The zero-order chi connectivity index (χ0) is 19.7. The minimum atomic E-state index is 0.417. The molecule has 4 rings (SSSR count). The number of nitrogens with one attached hydrogen (secondary N) is 1. The van der Waals surface area contributed by atoms with Crippen molar-refractivity contribution in [2.75, 3.05) is 19.6 Å². The highest BCUT2D eigenvalue weighted by atomic mass is 16.5. The van der Waals surface area contributed by atoms with Crippen LogP contribution >= 0.6 is 0 Å². The molecule has 3 aromatic rings. The molecule has 1 atom stereocenters. The summed E-state index contributed by atoms with van der Waals surface area (Å²) in [5.74, 6) is 0.920. The predicted molar refractivity (Wildman–Crippen MR) is 117 cm³/mol. The van der Waals surface area contributed by atoms with Crippen molar-refractivity contribution in [3.63, 3.8) is 0 Å². The fourth-order valence-electron chi connectivity index (χ4n) is 3.96. The van der Waals surface area contributed by atoms with Crippen molar-refractivity contribution in [1.29, 1.82) is 0 Å². The number of nitrogens with zero attached hydrogens (tertiary/aromatic N) is 2. The summed E-state index contributed by atoms with van der Waals surface area (Å²) in [7, 11) is 0. The molecule has 29 heavy (non-hydrogen) atoms. The molecule has 0 saturated carbocycles. The molecular formula is C25H29N3O. The fourth-order valence-corrected chi connectivity index (χ4v) is 3.96. The summed E-state index contributed by atoms with van der Waals surface area (Å²) in [6.07, 6.45) is 4.40. The predicted octanol–water partition coefficient (Wildman–Crippen LogP) is 4.59.